The van der Waals surface area contributed by atoms with Crippen LogP contribution >= 0.6 is 11.8 Å². The molecule has 0 saturated carbocycles. The van der Waals surface area contributed by atoms with Gasteiger partial charge in [-0.05, 0) is 39.2 Å². The molecular formula is C39H59N15O15S. The number of thioether (sulfide) groups is 1. The van der Waals surface area contributed by atoms with E-state index in [1.165, 1.54) is 43.7 Å². The van der Waals surface area contributed by atoms with Gasteiger partial charge in [-0.2, -0.15) is 11.8 Å². The van der Waals surface area contributed by atoms with Crippen molar-refractivity contribution in [3.8, 4) is 0 Å². The van der Waals surface area contributed by atoms with Crippen molar-refractivity contribution in [1.29, 1.82) is 0 Å². The quantitative estimate of drug-likeness (QED) is 0.0334. The van der Waals surface area contributed by atoms with Crippen molar-refractivity contribution in [2.75, 3.05) is 12.0 Å². The number of carboxylic acid groups (broad SMARTS) is 2. The minimum Gasteiger partial charge on any atom is -0.481 e. The minimum absolute atomic E-state index is 0.222. The average molecular weight is 1010 g/mol. The van der Waals surface area contributed by atoms with E-state index < -0.39 is 157 Å². The Balaban J connectivity index is 2.34. The van der Waals surface area contributed by atoms with Crippen molar-refractivity contribution >= 4 is 82.8 Å². The average Bonchev–Trinajstić information content (AvgIpc) is 4.00. The number of nitrogens with two attached hydrogens (primary N) is 3. The first kappa shape index (κ1) is 58.5. The molecule has 0 aromatic carbocycles. The second-order valence-corrected chi connectivity index (χ2v) is 16.7. The normalized spacial score (nSPS) is 15.2. The van der Waals surface area contributed by atoms with Crippen molar-refractivity contribution in [2.45, 2.75) is 120 Å². The van der Waals surface area contributed by atoms with Gasteiger partial charge in [0.25, 0.3) is 0 Å². The van der Waals surface area contributed by atoms with E-state index >= 15 is 0 Å². The van der Waals surface area contributed by atoms with Gasteiger partial charge in [0.1, 0.15) is 48.3 Å². The van der Waals surface area contributed by atoms with Gasteiger partial charge in [-0.15, -0.1) is 0 Å². The Morgan fingerprint density at radius 2 is 0.971 bits per heavy atom. The maximum atomic E-state index is 14.0. The molecular weight excluding hydrogens is 951 g/mol. The summed E-state index contributed by atoms with van der Waals surface area (Å²) in [5, 5.41) is 46.7. The van der Waals surface area contributed by atoms with E-state index in [0.29, 0.717) is 5.75 Å². The van der Waals surface area contributed by atoms with Crippen LogP contribution in [-0.4, -0.2) is 179 Å². The second kappa shape index (κ2) is 28.6. The van der Waals surface area contributed by atoms with Crippen LogP contribution in [0.25, 0.3) is 0 Å². The molecule has 31 heteroatoms. The molecule has 0 unspecified atom stereocenters. The monoisotopic (exact) mass is 1010 g/mol. The number of nitrogens with zero attached hydrogens (tertiary/aromatic N) is 2. The molecule has 2 aromatic rings. The van der Waals surface area contributed by atoms with Crippen LogP contribution < -0.4 is 59.7 Å². The van der Waals surface area contributed by atoms with Crippen molar-refractivity contribution in [2.24, 2.45) is 17.2 Å². The topological polar surface area (TPSA) is 497 Å². The fraction of sp³-hybridized carbons (Fsp3) is 0.538. The Morgan fingerprint density at radius 3 is 1.37 bits per heavy atom. The minimum atomic E-state index is -1.86. The Bertz CT molecular complexity index is 2180. The fourth-order valence-electron chi connectivity index (χ4n) is 6.05. The highest BCUT2D eigenvalue weighted by atomic mass is 32.2. The summed E-state index contributed by atoms with van der Waals surface area (Å²) in [6.07, 6.45) is 2.17. The number of aromatic amines is 2. The predicted octanol–water partition coefficient (Wildman–Crippen LogP) is -7.39. The number of hydrogen-bond donors (Lipinski definition) is 16. The molecule has 0 spiro atoms. The SMILES string of the molecule is CSCC[C@H](N)C(=O)N[C@H](C(=O)N[C@@H](Cc1cnc[nH]1)C(=O)N[C@@H](CC(N)=O)C(=O)N[C@@H](Cc1cnc[nH]1)C(=O)N[C@@H](CC(N)=O)C(=O)N[C@@H](C)C(=O)N[C@@H](C)C(=O)N[C@@H](CC(=O)O)C(=O)O)[C@@H](C)O. The van der Waals surface area contributed by atoms with Gasteiger partial charge in [0.15, 0.2) is 0 Å². The molecule has 70 heavy (non-hydrogen) atoms. The number of primary amides is 2. The summed E-state index contributed by atoms with van der Waals surface area (Å²) < 4.78 is 0. The molecule has 2 aromatic heterocycles. The number of carbonyl (C=O) groups is 12. The highest BCUT2D eigenvalue weighted by Crippen LogP contribution is 2.08. The van der Waals surface area contributed by atoms with Crippen LogP contribution in [0.2, 0.25) is 0 Å². The standard InChI is InChI=1S/C39H59N15O15S/c1-16(31(60)47-17(2)32(61)53-26(39(68)69)11-29(58)59)48-34(63)24(9-27(41)56)50-35(64)22(7-19-12-43-14-45-19)49-37(66)25(10-28(42)57)51-36(65)23(8-20-13-44-15-46-20)52-38(67)30(18(3)55)54-33(62)21(40)5-6-70-4/h12-18,21-26,30,55H,5-11,40H2,1-4H3,(H2,41,56)(H2,42,57)(H,43,45)(H,44,46)(H,47,60)(H,48,63)(H,49,66)(H,50,64)(H,51,65)(H,52,67)(H,53,61)(H,54,62)(H,58,59)(H,68,69)/t16-,17-,18+,21-,22-,23-,24-,25-,26-,30-/m0/s1. The van der Waals surface area contributed by atoms with Gasteiger partial charge in [0.05, 0.1) is 44.1 Å². The Labute approximate surface area is 402 Å². The number of carbonyl (C=O) groups excluding carboxylic acids is 10. The van der Waals surface area contributed by atoms with E-state index in [4.69, 9.17) is 22.3 Å². The largest absolute Gasteiger partial charge is 0.481 e. The van der Waals surface area contributed by atoms with Crippen LogP contribution in [0.15, 0.2) is 25.0 Å². The Morgan fingerprint density at radius 1 is 0.571 bits per heavy atom. The van der Waals surface area contributed by atoms with Crippen molar-refractivity contribution in [3.63, 3.8) is 0 Å². The number of aliphatic carboxylic acids is 2. The number of carboxylic acids is 2. The van der Waals surface area contributed by atoms with Gasteiger partial charge in [-0.1, -0.05) is 0 Å². The third-order valence-corrected chi connectivity index (χ3v) is 10.5. The van der Waals surface area contributed by atoms with Gasteiger partial charge in [0, 0.05) is 36.6 Å². The van der Waals surface area contributed by atoms with E-state index in [-0.39, 0.29) is 24.2 Å². The molecule has 0 aliphatic carbocycles. The number of aliphatic hydroxyl groups excluding tert-OH is 1. The third kappa shape index (κ3) is 20.3. The summed E-state index contributed by atoms with van der Waals surface area (Å²) >= 11 is 1.43. The van der Waals surface area contributed by atoms with E-state index in [0.717, 1.165) is 13.8 Å². The first-order valence-corrected chi connectivity index (χ1v) is 22.5. The summed E-state index contributed by atoms with van der Waals surface area (Å²) in [7, 11) is 0. The van der Waals surface area contributed by atoms with Gasteiger partial charge in [-0.25, -0.2) is 14.8 Å². The Kier molecular flexibility index (Phi) is 23.9. The second-order valence-electron chi connectivity index (χ2n) is 15.7. The molecule has 30 nitrogen and oxygen atoms in total. The van der Waals surface area contributed by atoms with E-state index in [9.17, 15) is 67.7 Å². The lowest BCUT2D eigenvalue weighted by atomic mass is 10.1. The predicted molar refractivity (Wildman–Crippen MR) is 242 cm³/mol. The lowest BCUT2D eigenvalue weighted by Crippen LogP contribution is -2.62. The zero-order chi connectivity index (χ0) is 52.8. The maximum Gasteiger partial charge on any atom is 0.326 e. The summed E-state index contributed by atoms with van der Waals surface area (Å²) in [6, 6.07) is -14.4. The summed E-state index contributed by atoms with van der Waals surface area (Å²) in [4.78, 5) is 167. The summed E-state index contributed by atoms with van der Waals surface area (Å²) in [6.45, 7) is 3.47. The van der Waals surface area contributed by atoms with Gasteiger partial charge in [0.2, 0.25) is 59.1 Å². The maximum absolute atomic E-state index is 14.0. The number of hydrogen-bond acceptors (Lipinski definition) is 17. The van der Waals surface area contributed by atoms with Gasteiger partial charge >= 0.3 is 11.9 Å². The lowest BCUT2D eigenvalue weighted by molar-refractivity contribution is -0.147. The zero-order valence-electron chi connectivity index (χ0n) is 38.3. The fourth-order valence-corrected chi connectivity index (χ4v) is 6.54. The molecule has 0 aliphatic rings. The smallest absolute Gasteiger partial charge is 0.326 e. The molecule has 19 N–H and O–H groups in total. The molecule has 0 aliphatic heterocycles. The van der Waals surface area contributed by atoms with Crippen molar-refractivity contribution in [3.05, 3.63) is 36.4 Å². The Hall–Kier alpha value is -7.67. The number of amides is 10. The van der Waals surface area contributed by atoms with Crippen LogP contribution in [0.4, 0.5) is 0 Å². The van der Waals surface area contributed by atoms with Crippen molar-refractivity contribution < 1.29 is 72.9 Å². The van der Waals surface area contributed by atoms with Crippen LogP contribution in [0.1, 0.15) is 57.8 Å². The van der Waals surface area contributed by atoms with E-state index in [1.54, 1.807) is 6.26 Å². The highest BCUT2D eigenvalue weighted by molar-refractivity contribution is 7.98. The number of rotatable bonds is 31. The van der Waals surface area contributed by atoms with Crippen LogP contribution in [0.3, 0.4) is 0 Å². The first-order chi connectivity index (χ1) is 32.8. The molecule has 10 atom stereocenters. The molecule has 386 valence electrons. The molecule has 10 amide bonds. The number of H-pyrrole nitrogens is 2. The molecule has 0 saturated heterocycles. The van der Waals surface area contributed by atoms with Crippen LogP contribution in [0, 0.1) is 0 Å². The van der Waals surface area contributed by atoms with E-state index in [1.807, 2.05) is 5.32 Å². The number of nitrogens with one attached hydrogen (secondary N) is 10. The summed E-state index contributed by atoms with van der Waals surface area (Å²) in [5.74, 6) is -13.5. The summed E-state index contributed by atoms with van der Waals surface area (Å²) in [5.41, 5.74) is 17.2. The van der Waals surface area contributed by atoms with Crippen molar-refractivity contribution in [1.82, 2.24) is 62.5 Å². The van der Waals surface area contributed by atoms with E-state index in [2.05, 4.69) is 57.2 Å². The highest BCUT2D eigenvalue weighted by Gasteiger charge is 2.36. The molecule has 2 heterocycles. The molecule has 0 radical (unpaired) electrons. The zero-order valence-corrected chi connectivity index (χ0v) is 39.1. The first-order valence-electron chi connectivity index (χ1n) is 21.1. The van der Waals surface area contributed by atoms with Gasteiger partial charge < -0.3 is 85.0 Å². The molecule has 0 fully saturated rings. The van der Waals surface area contributed by atoms with Crippen LogP contribution in [0.5, 0.6) is 0 Å². The molecule has 2 rings (SSSR count). The van der Waals surface area contributed by atoms with Crippen LogP contribution in [-0.2, 0) is 70.4 Å². The third-order valence-electron chi connectivity index (χ3n) is 9.83. The number of aliphatic hydroxyl groups is 1. The number of aromatic nitrogens is 4. The molecule has 0 bridgehead atoms. The lowest BCUT2D eigenvalue weighted by Gasteiger charge is -2.27. The van der Waals surface area contributed by atoms with Gasteiger partial charge in [-0.3, -0.25) is 52.7 Å². The number of imidazole rings is 2.